The molecule has 0 fully saturated rings. The second-order valence-electron chi connectivity index (χ2n) is 7.08. The summed E-state index contributed by atoms with van der Waals surface area (Å²) in [6, 6.07) is 7.24. The van der Waals surface area contributed by atoms with Gasteiger partial charge in [0.25, 0.3) is 0 Å². The maximum atomic E-state index is 12.0. The van der Waals surface area contributed by atoms with Crippen molar-refractivity contribution in [3.63, 3.8) is 0 Å². The van der Waals surface area contributed by atoms with Crippen molar-refractivity contribution in [3.05, 3.63) is 24.3 Å². The molecule has 0 bridgehead atoms. The predicted octanol–water partition coefficient (Wildman–Crippen LogP) is 5.65. The summed E-state index contributed by atoms with van der Waals surface area (Å²) in [5.41, 5.74) is 0.619. The quantitative estimate of drug-likeness (QED) is 0.150. The predicted molar refractivity (Wildman–Crippen MR) is 119 cm³/mol. The summed E-state index contributed by atoms with van der Waals surface area (Å²) in [6.45, 7) is 6.68. The number of unbranched alkanes of at least 4 members (excludes halogenated alkanes) is 7. The normalized spacial score (nSPS) is 11.1. The molecule has 1 rings (SSSR count). The van der Waals surface area contributed by atoms with Crippen LogP contribution in [0.4, 0.5) is 5.69 Å². The van der Waals surface area contributed by atoms with Gasteiger partial charge in [0.05, 0.1) is 25.5 Å². The third-order valence-corrected chi connectivity index (χ3v) is 4.56. The highest BCUT2D eigenvalue weighted by atomic mass is 16.6. The number of carbonyl (C=O) groups is 2. The molecule has 0 aromatic heterocycles. The van der Waals surface area contributed by atoms with Gasteiger partial charge in [-0.25, -0.2) is 0 Å². The number of rotatable bonds is 16. The molecule has 0 atom stereocenters. The number of nitrogens with zero attached hydrogens (tertiary/aromatic N) is 1. The Morgan fingerprint density at radius 3 is 1.90 bits per heavy atom. The fourth-order valence-electron chi connectivity index (χ4n) is 2.90. The molecule has 0 heterocycles. The maximum Gasteiger partial charge on any atom is 0.325 e. The zero-order valence-electron chi connectivity index (χ0n) is 18.7. The molecule has 0 radical (unpaired) electrons. The van der Waals surface area contributed by atoms with E-state index in [2.05, 4.69) is 11.9 Å². The molecule has 0 aliphatic rings. The van der Waals surface area contributed by atoms with E-state index in [9.17, 15) is 9.59 Å². The van der Waals surface area contributed by atoms with Gasteiger partial charge in [0.1, 0.15) is 5.75 Å². The third kappa shape index (κ3) is 11.0. The number of esters is 2. The Morgan fingerprint density at radius 2 is 1.37 bits per heavy atom. The summed E-state index contributed by atoms with van der Waals surface area (Å²) in [5.74, 6) is -1.71. The van der Waals surface area contributed by atoms with Gasteiger partial charge in [-0.2, -0.15) is 0 Å². The lowest BCUT2D eigenvalue weighted by Crippen LogP contribution is -2.29. The molecular formula is C24H37NO5. The Kier molecular flexibility index (Phi) is 14.1. The first-order valence-corrected chi connectivity index (χ1v) is 11.2. The van der Waals surface area contributed by atoms with Crippen molar-refractivity contribution in [1.82, 2.24) is 0 Å². The largest absolute Gasteiger partial charge is 0.494 e. The molecule has 1 aromatic carbocycles. The van der Waals surface area contributed by atoms with E-state index in [1.165, 1.54) is 51.2 Å². The van der Waals surface area contributed by atoms with E-state index < -0.39 is 17.9 Å². The fourth-order valence-corrected chi connectivity index (χ4v) is 2.90. The lowest BCUT2D eigenvalue weighted by Gasteiger charge is -2.10. The van der Waals surface area contributed by atoms with Gasteiger partial charge in [0, 0.05) is 6.21 Å². The molecule has 0 amide bonds. The molecule has 0 aliphatic heterocycles. The summed E-state index contributed by atoms with van der Waals surface area (Å²) in [5, 5.41) is 0. The highest BCUT2D eigenvalue weighted by molar-refractivity contribution is 6.09. The van der Waals surface area contributed by atoms with Crippen LogP contribution in [0.2, 0.25) is 0 Å². The van der Waals surface area contributed by atoms with Crippen LogP contribution in [0.5, 0.6) is 5.75 Å². The molecule has 0 saturated heterocycles. The van der Waals surface area contributed by atoms with Crippen LogP contribution in [0.25, 0.3) is 0 Å². The first-order valence-electron chi connectivity index (χ1n) is 11.2. The van der Waals surface area contributed by atoms with Gasteiger partial charge < -0.3 is 14.2 Å². The Labute approximate surface area is 181 Å². The summed E-state index contributed by atoms with van der Waals surface area (Å²) >= 11 is 0. The van der Waals surface area contributed by atoms with Gasteiger partial charge in [-0.3, -0.25) is 14.6 Å². The highest BCUT2D eigenvalue weighted by Crippen LogP contribution is 2.19. The zero-order chi connectivity index (χ0) is 22.0. The van der Waals surface area contributed by atoms with Crippen molar-refractivity contribution in [2.75, 3.05) is 19.8 Å². The minimum absolute atomic E-state index is 0.188. The van der Waals surface area contributed by atoms with Gasteiger partial charge in [0.2, 0.25) is 0 Å². The minimum atomic E-state index is -1.16. The Balaban J connectivity index is 2.41. The van der Waals surface area contributed by atoms with E-state index in [-0.39, 0.29) is 13.2 Å². The minimum Gasteiger partial charge on any atom is -0.494 e. The van der Waals surface area contributed by atoms with Crippen LogP contribution >= 0.6 is 0 Å². The van der Waals surface area contributed by atoms with Gasteiger partial charge in [-0.1, -0.05) is 51.9 Å². The lowest BCUT2D eigenvalue weighted by atomic mass is 10.1. The van der Waals surface area contributed by atoms with Crippen molar-refractivity contribution in [2.24, 2.45) is 10.9 Å². The van der Waals surface area contributed by atoms with Crippen molar-refractivity contribution in [1.29, 1.82) is 0 Å². The number of aliphatic imine (C=N–C) groups is 1. The van der Waals surface area contributed by atoms with Crippen molar-refractivity contribution in [2.45, 2.75) is 72.1 Å². The highest BCUT2D eigenvalue weighted by Gasteiger charge is 2.27. The Morgan fingerprint density at radius 1 is 0.833 bits per heavy atom. The Hall–Kier alpha value is -2.37. The zero-order valence-corrected chi connectivity index (χ0v) is 18.7. The molecule has 30 heavy (non-hydrogen) atoms. The van der Waals surface area contributed by atoms with Crippen LogP contribution in [0, 0.1) is 5.92 Å². The second-order valence-corrected chi connectivity index (χ2v) is 7.08. The first-order chi connectivity index (χ1) is 14.6. The number of carbonyl (C=O) groups excluding carboxylic acids is 2. The standard InChI is InChI=1S/C24H37NO5/c1-4-7-8-9-10-11-12-13-18-30-21-16-14-20(15-17-21)25-19-22(23(26)28-5-2)24(27)29-6-3/h14-17,19,22H,4-13,18H2,1-3H3. The maximum absolute atomic E-state index is 12.0. The smallest absolute Gasteiger partial charge is 0.325 e. The van der Waals surface area contributed by atoms with Crippen molar-refractivity contribution < 1.29 is 23.8 Å². The molecule has 6 heteroatoms. The fraction of sp³-hybridized carbons (Fsp3) is 0.625. The Bertz CT molecular complexity index is 609. The van der Waals surface area contributed by atoms with Crippen LogP contribution in [0.1, 0.15) is 72.1 Å². The topological polar surface area (TPSA) is 74.2 Å². The van der Waals surface area contributed by atoms with E-state index in [1.54, 1.807) is 26.0 Å². The van der Waals surface area contributed by atoms with Gasteiger partial charge in [-0.05, 0) is 44.5 Å². The average Bonchev–Trinajstić information content (AvgIpc) is 2.74. The van der Waals surface area contributed by atoms with E-state index >= 15 is 0 Å². The number of hydrogen-bond donors (Lipinski definition) is 0. The third-order valence-electron chi connectivity index (χ3n) is 4.56. The molecule has 0 spiro atoms. The van der Waals surface area contributed by atoms with Crippen LogP contribution < -0.4 is 4.74 Å². The molecule has 1 aromatic rings. The van der Waals surface area contributed by atoms with Crippen LogP contribution in [0.3, 0.4) is 0 Å². The van der Waals surface area contributed by atoms with E-state index in [4.69, 9.17) is 14.2 Å². The summed E-state index contributed by atoms with van der Waals surface area (Å²) in [6.07, 6.45) is 11.4. The van der Waals surface area contributed by atoms with Gasteiger partial charge in [-0.15, -0.1) is 0 Å². The average molecular weight is 420 g/mol. The summed E-state index contributed by atoms with van der Waals surface area (Å²) in [7, 11) is 0. The lowest BCUT2D eigenvalue weighted by molar-refractivity contribution is -0.157. The van der Waals surface area contributed by atoms with E-state index in [0.717, 1.165) is 12.2 Å². The molecule has 0 N–H and O–H groups in total. The molecular weight excluding hydrogens is 382 g/mol. The van der Waals surface area contributed by atoms with E-state index in [1.807, 2.05) is 12.1 Å². The van der Waals surface area contributed by atoms with Crippen LogP contribution in [-0.4, -0.2) is 38.0 Å². The first kappa shape index (κ1) is 25.7. The monoisotopic (exact) mass is 419 g/mol. The summed E-state index contributed by atoms with van der Waals surface area (Å²) in [4.78, 5) is 28.1. The number of ether oxygens (including phenoxy) is 3. The molecule has 0 unspecified atom stereocenters. The number of benzene rings is 1. The molecule has 6 nitrogen and oxygen atoms in total. The van der Waals surface area contributed by atoms with Gasteiger partial charge in [0.15, 0.2) is 5.92 Å². The second kappa shape index (κ2) is 16.4. The van der Waals surface area contributed by atoms with Gasteiger partial charge >= 0.3 is 11.9 Å². The van der Waals surface area contributed by atoms with Crippen LogP contribution in [-0.2, 0) is 19.1 Å². The molecule has 168 valence electrons. The SMILES string of the molecule is CCCCCCCCCCOc1ccc(N=CC(C(=O)OCC)C(=O)OCC)cc1. The molecule has 0 aliphatic carbocycles. The summed E-state index contributed by atoms with van der Waals surface area (Å²) < 4.78 is 15.6. The van der Waals surface area contributed by atoms with E-state index in [0.29, 0.717) is 12.3 Å². The number of hydrogen-bond acceptors (Lipinski definition) is 6. The van der Waals surface area contributed by atoms with Crippen molar-refractivity contribution in [3.8, 4) is 5.75 Å². The van der Waals surface area contributed by atoms with Crippen LogP contribution in [0.15, 0.2) is 29.3 Å². The van der Waals surface area contributed by atoms with Crippen molar-refractivity contribution >= 4 is 23.8 Å². The molecule has 0 saturated carbocycles.